The van der Waals surface area contributed by atoms with Crippen molar-refractivity contribution in [1.82, 2.24) is 0 Å². The standard InChI is InChI=1S/C16H16ClNO/c1-10-5-3-8-14-15(10)18-11(2)16(19-14)12-6-4-7-13(17)9-12/h3-9,11,16,18H,1-2H3. The van der Waals surface area contributed by atoms with Crippen molar-refractivity contribution in [2.75, 3.05) is 5.32 Å². The van der Waals surface area contributed by atoms with Crippen molar-refractivity contribution >= 4 is 17.3 Å². The van der Waals surface area contributed by atoms with Gasteiger partial charge in [0.15, 0.2) is 0 Å². The number of ether oxygens (including phenoxy) is 1. The first-order chi connectivity index (χ1) is 9.15. The van der Waals surface area contributed by atoms with E-state index in [0.717, 1.165) is 22.0 Å². The van der Waals surface area contributed by atoms with Gasteiger partial charge in [-0.3, -0.25) is 0 Å². The van der Waals surface area contributed by atoms with Crippen LogP contribution in [0.5, 0.6) is 5.75 Å². The van der Waals surface area contributed by atoms with Crippen LogP contribution < -0.4 is 10.1 Å². The molecule has 0 saturated heterocycles. The zero-order valence-corrected chi connectivity index (χ0v) is 11.7. The van der Waals surface area contributed by atoms with Crippen LogP contribution in [-0.2, 0) is 0 Å². The fourth-order valence-corrected chi connectivity index (χ4v) is 2.71. The third-order valence-electron chi connectivity index (χ3n) is 3.49. The average molecular weight is 274 g/mol. The van der Waals surface area contributed by atoms with E-state index >= 15 is 0 Å². The van der Waals surface area contributed by atoms with Gasteiger partial charge in [0.1, 0.15) is 11.9 Å². The largest absolute Gasteiger partial charge is 0.481 e. The molecule has 0 fully saturated rings. The minimum absolute atomic E-state index is 0.0204. The number of nitrogens with one attached hydrogen (secondary N) is 1. The lowest BCUT2D eigenvalue weighted by molar-refractivity contribution is 0.177. The lowest BCUT2D eigenvalue weighted by Gasteiger charge is -2.34. The summed E-state index contributed by atoms with van der Waals surface area (Å²) in [5.74, 6) is 0.906. The second-order valence-corrected chi connectivity index (χ2v) is 5.41. The van der Waals surface area contributed by atoms with Crippen molar-refractivity contribution in [1.29, 1.82) is 0 Å². The summed E-state index contributed by atoms with van der Waals surface area (Å²) in [4.78, 5) is 0. The van der Waals surface area contributed by atoms with Gasteiger partial charge in [0.05, 0.1) is 11.7 Å². The van der Waals surface area contributed by atoms with Crippen LogP contribution in [0.3, 0.4) is 0 Å². The van der Waals surface area contributed by atoms with Gasteiger partial charge in [0.2, 0.25) is 0 Å². The van der Waals surface area contributed by atoms with Crippen molar-refractivity contribution < 1.29 is 4.74 Å². The molecule has 2 nitrogen and oxygen atoms in total. The Morgan fingerprint density at radius 3 is 2.74 bits per heavy atom. The van der Waals surface area contributed by atoms with Crippen molar-refractivity contribution in [3.05, 3.63) is 58.6 Å². The first-order valence-corrected chi connectivity index (χ1v) is 6.81. The van der Waals surface area contributed by atoms with Gasteiger partial charge in [-0.2, -0.15) is 0 Å². The summed E-state index contributed by atoms with van der Waals surface area (Å²) in [6.07, 6.45) is -0.0204. The summed E-state index contributed by atoms with van der Waals surface area (Å²) in [7, 11) is 0. The zero-order valence-electron chi connectivity index (χ0n) is 11.0. The molecular formula is C16H16ClNO. The number of benzene rings is 2. The van der Waals surface area contributed by atoms with E-state index in [0.29, 0.717) is 0 Å². The second kappa shape index (κ2) is 4.78. The maximum absolute atomic E-state index is 6.14. The lowest BCUT2D eigenvalue weighted by atomic mass is 10.00. The van der Waals surface area contributed by atoms with Gasteiger partial charge in [-0.05, 0) is 43.2 Å². The molecule has 0 spiro atoms. The van der Waals surface area contributed by atoms with Gasteiger partial charge in [-0.25, -0.2) is 0 Å². The van der Waals surface area contributed by atoms with E-state index in [-0.39, 0.29) is 12.1 Å². The summed E-state index contributed by atoms with van der Waals surface area (Å²) in [6, 6.07) is 14.2. The Bertz CT molecular complexity index is 611. The molecular weight excluding hydrogens is 258 g/mol. The number of halogens is 1. The number of para-hydroxylation sites is 1. The molecule has 3 rings (SSSR count). The number of anilines is 1. The van der Waals surface area contributed by atoms with Crippen molar-refractivity contribution in [3.8, 4) is 5.75 Å². The molecule has 98 valence electrons. The van der Waals surface area contributed by atoms with Crippen LogP contribution in [0, 0.1) is 6.92 Å². The van der Waals surface area contributed by atoms with Gasteiger partial charge in [0, 0.05) is 5.02 Å². The fourth-order valence-electron chi connectivity index (χ4n) is 2.51. The normalized spacial score (nSPS) is 21.2. The van der Waals surface area contributed by atoms with Crippen LogP contribution in [0.25, 0.3) is 0 Å². The van der Waals surface area contributed by atoms with Crippen molar-refractivity contribution in [2.45, 2.75) is 26.0 Å². The summed E-state index contributed by atoms with van der Waals surface area (Å²) >= 11 is 6.06. The Hall–Kier alpha value is -1.67. The third-order valence-corrected chi connectivity index (χ3v) is 3.73. The summed E-state index contributed by atoms with van der Waals surface area (Å²) in [5.41, 5.74) is 3.39. The molecule has 2 aromatic rings. The number of aryl methyl sites for hydroxylation is 1. The molecule has 0 bridgehead atoms. The fraction of sp³-hybridized carbons (Fsp3) is 0.250. The monoisotopic (exact) mass is 273 g/mol. The van der Waals surface area contributed by atoms with Gasteiger partial charge in [-0.15, -0.1) is 0 Å². The lowest BCUT2D eigenvalue weighted by Crippen LogP contribution is -2.33. The maximum atomic E-state index is 6.14. The molecule has 2 aromatic carbocycles. The van der Waals surface area contributed by atoms with E-state index in [9.17, 15) is 0 Å². The van der Waals surface area contributed by atoms with Crippen LogP contribution in [0.1, 0.15) is 24.2 Å². The summed E-state index contributed by atoms with van der Waals surface area (Å²) in [6.45, 7) is 4.21. The smallest absolute Gasteiger partial charge is 0.144 e. The number of fused-ring (bicyclic) bond motifs is 1. The average Bonchev–Trinajstić information content (AvgIpc) is 2.39. The van der Waals surface area contributed by atoms with E-state index < -0.39 is 0 Å². The molecule has 19 heavy (non-hydrogen) atoms. The van der Waals surface area contributed by atoms with E-state index in [1.54, 1.807) is 0 Å². The van der Waals surface area contributed by atoms with Crippen LogP contribution in [0.4, 0.5) is 5.69 Å². The molecule has 1 aliphatic rings. The Labute approximate surface area is 118 Å². The van der Waals surface area contributed by atoms with Gasteiger partial charge < -0.3 is 10.1 Å². The van der Waals surface area contributed by atoms with E-state index in [1.807, 2.05) is 30.3 Å². The van der Waals surface area contributed by atoms with Crippen LogP contribution >= 0.6 is 11.6 Å². The van der Waals surface area contributed by atoms with Crippen LogP contribution in [-0.4, -0.2) is 6.04 Å². The van der Waals surface area contributed by atoms with E-state index in [2.05, 4.69) is 31.3 Å². The molecule has 0 radical (unpaired) electrons. The molecule has 1 N–H and O–H groups in total. The molecule has 2 atom stereocenters. The topological polar surface area (TPSA) is 21.3 Å². The Balaban J connectivity index is 1.98. The molecule has 0 amide bonds. The second-order valence-electron chi connectivity index (χ2n) is 4.97. The quantitative estimate of drug-likeness (QED) is 0.821. The molecule has 0 aromatic heterocycles. The van der Waals surface area contributed by atoms with Crippen LogP contribution in [0.15, 0.2) is 42.5 Å². The molecule has 1 heterocycles. The SMILES string of the molecule is Cc1cccc2c1NC(C)C(c1cccc(Cl)c1)O2. The van der Waals surface area contributed by atoms with Crippen LogP contribution in [0.2, 0.25) is 5.02 Å². The predicted molar refractivity (Wildman–Crippen MR) is 79.1 cm³/mol. The summed E-state index contributed by atoms with van der Waals surface area (Å²) in [5, 5.41) is 4.27. The van der Waals surface area contributed by atoms with Gasteiger partial charge >= 0.3 is 0 Å². The highest BCUT2D eigenvalue weighted by atomic mass is 35.5. The van der Waals surface area contributed by atoms with Crippen molar-refractivity contribution in [2.24, 2.45) is 0 Å². The Kier molecular flexibility index (Phi) is 3.11. The molecule has 2 unspecified atom stereocenters. The molecule has 0 saturated carbocycles. The Morgan fingerprint density at radius 2 is 1.95 bits per heavy atom. The predicted octanol–water partition coefficient (Wildman–Crippen LogP) is 4.58. The molecule has 3 heteroatoms. The number of rotatable bonds is 1. The van der Waals surface area contributed by atoms with Gasteiger partial charge in [0.25, 0.3) is 0 Å². The highest BCUT2D eigenvalue weighted by molar-refractivity contribution is 6.30. The molecule has 0 aliphatic carbocycles. The highest BCUT2D eigenvalue weighted by Gasteiger charge is 2.28. The maximum Gasteiger partial charge on any atom is 0.144 e. The first-order valence-electron chi connectivity index (χ1n) is 6.43. The summed E-state index contributed by atoms with van der Waals surface area (Å²) < 4.78 is 6.14. The Morgan fingerprint density at radius 1 is 1.16 bits per heavy atom. The number of hydrogen-bond donors (Lipinski definition) is 1. The number of hydrogen-bond acceptors (Lipinski definition) is 2. The van der Waals surface area contributed by atoms with E-state index in [1.165, 1.54) is 5.56 Å². The van der Waals surface area contributed by atoms with E-state index in [4.69, 9.17) is 16.3 Å². The zero-order chi connectivity index (χ0) is 13.4. The minimum Gasteiger partial charge on any atom is -0.481 e. The minimum atomic E-state index is -0.0204. The first kappa shape index (κ1) is 12.4. The van der Waals surface area contributed by atoms with Crippen molar-refractivity contribution in [3.63, 3.8) is 0 Å². The molecule has 1 aliphatic heterocycles. The third kappa shape index (κ3) is 2.28. The highest BCUT2D eigenvalue weighted by Crippen LogP contribution is 2.39. The van der Waals surface area contributed by atoms with Gasteiger partial charge in [-0.1, -0.05) is 35.9 Å².